The van der Waals surface area contributed by atoms with Crippen LogP contribution < -0.4 is 0 Å². The van der Waals surface area contributed by atoms with Gasteiger partial charge in [0.25, 0.3) is 0 Å². The van der Waals surface area contributed by atoms with Gasteiger partial charge in [-0.2, -0.15) is 0 Å². The van der Waals surface area contributed by atoms with E-state index < -0.39 is 0 Å². The number of benzene rings is 1. The molecular formula is C11H12BrClO2. The Kier molecular flexibility index (Phi) is 5.12. The van der Waals surface area contributed by atoms with Gasteiger partial charge in [-0.1, -0.05) is 27.5 Å². The van der Waals surface area contributed by atoms with Gasteiger partial charge < -0.3 is 4.74 Å². The number of carbonyl (C=O) groups excluding carboxylic acids is 1. The first-order valence-corrected chi connectivity index (χ1v) is 5.89. The van der Waals surface area contributed by atoms with Gasteiger partial charge in [-0.15, -0.1) is 0 Å². The number of ether oxygens (including phenoxy) is 1. The summed E-state index contributed by atoms with van der Waals surface area (Å²) in [4.78, 5) is 11.1. The van der Waals surface area contributed by atoms with Gasteiger partial charge in [0.15, 0.2) is 0 Å². The Morgan fingerprint density at radius 3 is 2.80 bits per heavy atom. The summed E-state index contributed by atoms with van der Waals surface area (Å²) >= 11 is 9.23. The maximum atomic E-state index is 11.1. The van der Waals surface area contributed by atoms with Crippen LogP contribution in [0, 0.1) is 0 Å². The average molecular weight is 292 g/mol. The second-order valence-electron chi connectivity index (χ2n) is 3.08. The van der Waals surface area contributed by atoms with Crippen molar-refractivity contribution in [1.82, 2.24) is 0 Å². The van der Waals surface area contributed by atoms with Crippen LogP contribution in [0.4, 0.5) is 0 Å². The second kappa shape index (κ2) is 6.13. The Labute approximate surface area is 103 Å². The first-order chi connectivity index (χ1) is 7.11. The molecule has 0 saturated carbocycles. The molecule has 0 aliphatic rings. The topological polar surface area (TPSA) is 26.3 Å². The highest BCUT2D eigenvalue weighted by Gasteiger charge is 2.04. The zero-order valence-electron chi connectivity index (χ0n) is 8.43. The van der Waals surface area contributed by atoms with Crippen LogP contribution in [0.5, 0.6) is 0 Å². The number of rotatable bonds is 4. The number of carbonyl (C=O) groups is 1. The smallest absolute Gasteiger partial charge is 0.306 e. The fraction of sp³-hybridized carbons (Fsp3) is 0.364. The molecule has 1 aromatic carbocycles. The Balaban J connectivity index is 2.54. The lowest BCUT2D eigenvalue weighted by Gasteiger charge is -2.03. The summed E-state index contributed by atoms with van der Waals surface area (Å²) in [5.41, 5.74) is 1.03. The Morgan fingerprint density at radius 1 is 1.47 bits per heavy atom. The van der Waals surface area contributed by atoms with Gasteiger partial charge in [-0.05, 0) is 37.1 Å². The van der Waals surface area contributed by atoms with Crippen LogP contribution in [0.1, 0.15) is 18.9 Å². The van der Waals surface area contributed by atoms with E-state index in [4.69, 9.17) is 16.3 Å². The van der Waals surface area contributed by atoms with Crippen LogP contribution in [-0.2, 0) is 16.0 Å². The molecule has 0 spiro atoms. The molecule has 0 aromatic heterocycles. The van der Waals surface area contributed by atoms with E-state index in [1.807, 2.05) is 18.2 Å². The molecule has 0 fully saturated rings. The van der Waals surface area contributed by atoms with Crippen molar-refractivity contribution in [3.63, 3.8) is 0 Å². The Hall–Kier alpha value is -0.540. The summed E-state index contributed by atoms with van der Waals surface area (Å²) in [5, 5.41) is 0.670. The summed E-state index contributed by atoms with van der Waals surface area (Å²) in [6.45, 7) is 2.23. The zero-order chi connectivity index (χ0) is 11.3. The van der Waals surface area contributed by atoms with Crippen molar-refractivity contribution in [2.75, 3.05) is 6.61 Å². The lowest BCUT2D eigenvalue weighted by atomic mass is 10.1. The molecule has 0 radical (unpaired) electrons. The summed E-state index contributed by atoms with van der Waals surface area (Å²) in [7, 11) is 0. The van der Waals surface area contributed by atoms with Crippen LogP contribution >= 0.6 is 27.5 Å². The van der Waals surface area contributed by atoms with E-state index in [1.165, 1.54) is 0 Å². The molecule has 0 saturated heterocycles. The van der Waals surface area contributed by atoms with Crippen molar-refractivity contribution < 1.29 is 9.53 Å². The van der Waals surface area contributed by atoms with E-state index in [0.29, 0.717) is 24.5 Å². The standard InChI is InChI=1S/C11H12BrClO2/c1-2-15-11(14)4-3-8-5-9(12)7-10(13)6-8/h5-7H,2-4H2,1H3. The fourth-order valence-corrected chi connectivity index (χ4v) is 2.16. The quantitative estimate of drug-likeness (QED) is 0.792. The first-order valence-electron chi connectivity index (χ1n) is 4.72. The third-order valence-corrected chi connectivity index (χ3v) is 2.52. The molecule has 82 valence electrons. The molecule has 0 amide bonds. The average Bonchev–Trinajstić information content (AvgIpc) is 2.14. The van der Waals surface area contributed by atoms with E-state index in [-0.39, 0.29) is 5.97 Å². The van der Waals surface area contributed by atoms with Gasteiger partial charge in [-0.3, -0.25) is 4.79 Å². The highest BCUT2D eigenvalue weighted by atomic mass is 79.9. The molecular weight excluding hydrogens is 279 g/mol. The third kappa shape index (κ3) is 4.67. The molecule has 0 atom stereocenters. The molecule has 2 nitrogen and oxygen atoms in total. The minimum Gasteiger partial charge on any atom is -0.466 e. The third-order valence-electron chi connectivity index (χ3n) is 1.85. The van der Waals surface area contributed by atoms with E-state index in [9.17, 15) is 4.79 Å². The van der Waals surface area contributed by atoms with Crippen molar-refractivity contribution in [1.29, 1.82) is 0 Å². The number of hydrogen-bond donors (Lipinski definition) is 0. The zero-order valence-corrected chi connectivity index (χ0v) is 10.8. The molecule has 0 N–H and O–H groups in total. The predicted octanol–water partition coefficient (Wildman–Crippen LogP) is 3.60. The monoisotopic (exact) mass is 290 g/mol. The molecule has 0 aliphatic heterocycles. The molecule has 1 rings (SSSR count). The minimum absolute atomic E-state index is 0.173. The Bertz CT molecular complexity index is 332. The highest BCUT2D eigenvalue weighted by Crippen LogP contribution is 2.20. The lowest BCUT2D eigenvalue weighted by molar-refractivity contribution is -0.143. The summed E-state index contributed by atoms with van der Waals surface area (Å²) in [6, 6.07) is 5.62. The minimum atomic E-state index is -0.173. The van der Waals surface area contributed by atoms with Crippen molar-refractivity contribution >= 4 is 33.5 Å². The van der Waals surface area contributed by atoms with Gasteiger partial charge >= 0.3 is 5.97 Å². The largest absolute Gasteiger partial charge is 0.466 e. The molecule has 0 bridgehead atoms. The molecule has 0 heterocycles. The van der Waals surface area contributed by atoms with Gasteiger partial charge in [0.05, 0.1) is 6.61 Å². The van der Waals surface area contributed by atoms with Crippen LogP contribution in [0.25, 0.3) is 0 Å². The van der Waals surface area contributed by atoms with Crippen LogP contribution in [0.3, 0.4) is 0 Å². The van der Waals surface area contributed by atoms with Gasteiger partial charge in [0.2, 0.25) is 0 Å². The summed E-state index contributed by atoms with van der Waals surface area (Å²) in [5.74, 6) is -0.173. The van der Waals surface area contributed by atoms with Crippen molar-refractivity contribution in [3.05, 3.63) is 33.3 Å². The molecule has 1 aromatic rings. The second-order valence-corrected chi connectivity index (χ2v) is 4.43. The summed E-state index contributed by atoms with van der Waals surface area (Å²) in [6.07, 6.45) is 1.04. The van der Waals surface area contributed by atoms with Gasteiger partial charge in [0, 0.05) is 15.9 Å². The van der Waals surface area contributed by atoms with Gasteiger partial charge in [-0.25, -0.2) is 0 Å². The fourth-order valence-electron chi connectivity index (χ4n) is 1.23. The van der Waals surface area contributed by atoms with E-state index in [2.05, 4.69) is 15.9 Å². The summed E-state index contributed by atoms with van der Waals surface area (Å²) < 4.78 is 5.77. The number of esters is 1. The van der Waals surface area contributed by atoms with E-state index >= 15 is 0 Å². The first kappa shape index (κ1) is 12.5. The lowest BCUT2D eigenvalue weighted by Crippen LogP contribution is -2.05. The number of aryl methyl sites for hydroxylation is 1. The van der Waals surface area contributed by atoms with Crippen molar-refractivity contribution in [2.24, 2.45) is 0 Å². The molecule has 0 aliphatic carbocycles. The van der Waals surface area contributed by atoms with E-state index in [1.54, 1.807) is 6.92 Å². The SMILES string of the molecule is CCOC(=O)CCc1cc(Cl)cc(Br)c1. The molecule has 15 heavy (non-hydrogen) atoms. The van der Waals surface area contributed by atoms with E-state index in [0.717, 1.165) is 10.0 Å². The number of halogens is 2. The number of hydrogen-bond acceptors (Lipinski definition) is 2. The van der Waals surface area contributed by atoms with Crippen LogP contribution in [-0.4, -0.2) is 12.6 Å². The van der Waals surface area contributed by atoms with Crippen molar-refractivity contribution in [2.45, 2.75) is 19.8 Å². The van der Waals surface area contributed by atoms with Crippen LogP contribution in [0.15, 0.2) is 22.7 Å². The normalized spacial score (nSPS) is 10.1. The highest BCUT2D eigenvalue weighted by molar-refractivity contribution is 9.10. The van der Waals surface area contributed by atoms with Crippen LogP contribution in [0.2, 0.25) is 5.02 Å². The molecule has 0 unspecified atom stereocenters. The predicted molar refractivity (Wildman–Crippen MR) is 64.1 cm³/mol. The maximum absolute atomic E-state index is 11.1. The Morgan fingerprint density at radius 2 is 2.20 bits per heavy atom. The van der Waals surface area contributed by atoms with Crippen molar-refractivity contribution in [3.8, 4) is 0 Å². The molecule has 4 heteroatoms. The van der Waals surface area contributed by atoms with Gasteiger partial charge in [0.1, 0.15) is 0 Å². The maximum Gasteiger partial charge on any atom is 0.306 e.